The fourth-order valence-electron chi connectivity index (χ4n) is 1.81. The first-order valence-electron chi connectivity index (χ1n) is 6.29. The first-order valence-corrected chi connectivity index (χ1v) is 6.29. The minimum atomic E-state index is -0.574. The molecule has 0 aliphatic heterocycles. The standard InChI is InChI=1S/C14H19FN2O2/c1-13(2,3)19-12(18)17-9-4-5-11(15)10(8-9)14(16)6-7-14/h4-5,8H,6-7,16H2,1-3H3,(H,17,18). The predicted molar refractivity (Wildman–Crippen MR) is 71.4 cm³/mol. The van der Waals surface area contributed by atoms with E-state index < -0.39 is 17.2 Å². The summed E-state index contributed by atoms with van der Waals surface area (Å²) in [7, 11) is 0. The Morgan fingerprint density at radius 3 is 2.58 bits per heavy atom. The van der Waals surface area contributed by atoms with Gasteiger partial charge in [-0.3, -0.25) is 5.32 Å². The van der Waals surface area contributed by atoms with Gasteiger partial charge < -0.3 is 10.5 Å². The van der Waals surface area contributed by atoms with Crippen molar-refractivity contribution in [3.8, 4) is 0 Å². The smallest absolute Gasteiger partial charge is 0.412 e. The Morgan fingerprint density at radius 1 is 1.42 bits per heavy atom. The van der Waals surface area contributed by atoms with Crippen molar-refractivity contribution in [1.82, 2.24) is 0 Å². The number of ether oxygens (including phenoxy) is 1. The highest BCUT2D eigenvalue weighted by molar-refractivity contribution is 5.85. The van der Waals surface area contributed by atoms with Crippen molar-refractivity contribution in [2.45, 2.75) is 44.8 Å². The minimum absolute atomic E-state index is 0.338. The molecule has 0 unspecified atom stereocenters. The number of anilines is 1. The molecule has 0 bridgehead atoms. The molecule has 1 aromatic rings. The summed E-state index contributed by atoms with van der Waals surface area (Å²) in [5, 5.41) is 2.58. The number of nitrogens with one attached hydrogen (secondary N) is 1. The number of carbonyl (C=O) groups is 1. The van der Waals surface area contributed by atoms with Crippen LogP contribution in [-0.2, 0) is 10.3 Å². The first kappa shape index (κ1) is 13.8. The summed E-state index contributed by atoms with van der Waals surface area (Å²) < 4.78 is 18.8. The fraction of sp³-hybridized carbons (Fsp3) is 0.500. The molecule has 0 aromatic heterocycles. The molecule has 1 aromatic carbocycles. The Hall–Kier alpha value is -1.62. The number of rotatable bonds is 2. The number of hydrogen-bond donors (Lipinski definition) is 2. The number of carbonyl (C=O) groups excluding carboxylic acids is 1. The molecule has 0 spiro atoms. The molecule has 104 valence electrons. The zero-order valence-electron chi connectivity index (χ0n) is 11.4. The van der Waals surface area contributed by atoms with E-state index in [1.807, 2.05) is 0 Å². The molecule has 19 heavy (non-hydrogen) atoms. The molecule has 0 radical (unpaired) electrons. The maximum absolute atomic E-state index is 13.7. The van der Waals surface area contributed by atoms with Gasteiger partial charge in [0, 0.05) is 16.8 Å². The van der Waals surface area contributed by atoms with Gasteiger partial charge in [0.15, 0.2) is 0 Å². The van der Waals surface area contributed by atoms with Crippen LogP contribution in [0.4, 0.5) is 14.9 Å². The first-order chi connectivity index (χ1) is 8.70. The number of benzene rings is 1. The number of hydrogen-bond acceptors (Lipinski definition) is 3. The van der Waals surface area contributed by atoms with Gasteiger partial charge in [-0.05, 0) is 51.8 Å². The number of nitrogens with two attached hydrogens (primary N) is 1. The van der Waals surface area contributed by atoms with Crippen LogP contribution in [0.15, 0.2) is 18.2 Å². The SMILES string of the molecule is CC(C)(C)OC(=O)Nc1ccc(F)c(C2(N)CC2)c1. The summed E-state index contributed by atoms with van der Waals surface area (Å²) in [6.45, 7) is 5.34. The molecule has 5 heteroatoms. The largest absolute Gasteiger partial charge is 0.444 e. The number of amides is 1. The van der Waals surface area contributed by atoms with Crippen molar-refractivity contribution in [2.24, 2.45) is 5.73 Å². The van der Waals surface area contributed by atoms with Crippen molar-refractivity contribution in [3.05, 3.63) is 29.6 Å². The molecule has 1 saturated carbocycles. The normalized spacial score (nSPS) is 16.9. The Morgan fingerprint density at radius 2 is 2.05 bits per heavy atom. The maximum atomic E-state index is 13.7. The Balaban J connectivity index is 2.12. The van der Waals surface area contributed by atoms with Crippen LogP contribution in [0.5, 0.6) is 0 Å². The molecular weight excluding hydrogens is 247 g/mol. The summed E-state index contributed by atoms with van der Waals surface area (Å²) in [4.78, 5) is 11.6. The van der Waals surface area contributed by atoms with Gasteiger partial charge in [-0.2, -0.15) is 0 Å². The summed E-state index contributed by atoms with van der Waals surface area (Å²) in [5.41, 5.74) is 5.78. The fourth-order valence-corrected chi connectivity index (χ4v) is 1.81. The van der Waals surface area contributed by atoms with Crippen molar-refractivity contribution >= 4 is 11.8 Å². The van der Waals surface area contributed by atoms with Gasteiger partial charge in [0.25, 0.3) is 0 Å². The van der Waals surface area contributed by atoms with E-state index in [4.69, 9.17) is 10.5 Å². The van der Waals surface area contributed by atoms with Crippen molar-refractivity contribution in [3.63, 3.8) is 0 Å². The molecule has 1 amide bonds. The third-order valence-corrected chi connectivity index (χ3v) is 2.94. The lowest BCUT2D eigenvalue weighted by atomic mass is 10.0. The third kappa shape index (κ3) is 3.44. The topological polar surface area (TPSA) is 64.3 Å². The maximum Gasteiger partial charge on any atom is 0.412 e. The van der Waals surface area contributed by atoms with E-state index >= 15 is 0 Å². The van der Waals surface area contributed by atoms with Gasteiger partial charge in [-0.25, -0.2) is 9.18 Å². The molecule has 0 atom stereocenters. The van der Waals surface area contributed by atoms with Crippen molar-refractivity contribution < 1.29 is 13.9 Å². The molecule has 1 aliphatic rings. The second-order valence-corrected chi connectivity index (χ2v) is 5.98. The van der Waals surface area contributed by atoms with Crippen LogP contribution in [0.3, 0.4) is 0 Å². The average molecular weight is 266 g/mol. The van der Waals surface area contributed by atoms with Crippen LogP contribution in [0.2, 0.25) is 0 Å². The lowest BCUT2D eigenvalue weighted by Gasteiger charge is -2.20. The lowest BCUT2D eigenvalue weighted by Crippen LogP contribution is -2.27. The molecule has 1 fully saturated rings. The van der Waals surface area contributed by atoms with E-state index in [1.165, 1.54) is 12.1 Å². The van der Waals surface area contributed by atoms with E-state index in [0.29, 0.717) is 11.3 Å². The highest BCUT2D eigenvalue weighted by Gasteiger charge is 2.42. The van der Waals surface area contributed by atoms with Gasteiger partial charge in [-0.1, -0.05) is 0 Å². The number of halogens is 1. The van der Waals surface area contributed by atoms with E-state index in [9.17, 15) is 9.18 Å². The Labute approximate surface area is 112 Å². The van der Waals surface area contributed by atoms with E-state index in [2.05, 4.69) is 5.32 Å². The molecular formula is C14H19FN2O2. The molecule has 2 rings (SSSR count). The second kappa shape index (κ2) is 4.49. The average Bonchev–Trinajstić information content (AvgIpc) is 2.97. The second-order valence-electron chi connectivity index (χ2n) is 5.98. The van der Waals surface area contributed by atoms with Crippen LogP contribution in [0.1, 0.15) is 39.2 Å². The van der Waals surface area contributed by atoms with Crippen LogP contribution in [0, 0.1) is 5.82 Å². The quantitative estimate of drug-likeness (QED) is 0.864. The molecule has 0 saturated heterocycles. The lowest BCUT2D eigenvalue weighted by molar-refractivity contribution is 0.0636. The van der Waals surface area contributed by atoms with Crippen molar-refractivity contribution in [2.75, 3.05) is 5.32 Å². The van der Waals surface area contributed by atoms with Crippen LogP contribution < -0.4 is 11.1 Å². The summed E-state index contributed by atoms with van der Waals surface area (Å²) in [6, 6.07) is 4.38. The van der Waals surface area contributed by atoms with Gasteiger partial charge >= 0.3 is 6.09 Å². The summed E-state index contributed by atoms with van der Waals surface area (Å²) in [5.74, 6) is -0.338. The molecule has 4 nitrogen and oxygen atoms in total. The molecule has 3 N–H and O–H groups in total. The Bertz CT molecular complexity index is 505. The zero-order valence-corrected chi connectivity index (χ0v) is 11.4. The zero-order chi connectivity index (χ0) is 14.3. The van der Waals surface area contributed by atoms with Gasteiger partial charge in [0.1, 0.15) is 11.4 Å². The molecule has 1 aliphatic carbocycles. The van der Waals surface area contributed by atoms with E-state index in [0.717, 1.165) is 12.8 Å². The van der Waals surface area contributed by atoms with Crippen LogP contribution >= 0.6 is 0 Å². The highest BCUT2D eigenvalue weighted by Crippen LogP contribution is 2.44. The highest BCUT2D eigenvalue weighted by atomic mass is 19.1. The van der Waals surface area contributed by atoms with Gasteiger partial charge in [-0.15, -0.1) is 0 Å². The van der Waals surface area contributed by atoms with E-state index in [1.54, 1.807) is 26.8 Å². The van der Waals surface area contributed by atoms with Gasteiger partial charge in [0.05, 0.1) is 0 Å². The van der Waals surface area contributed by atoms with E-state index in [-0.39, 0.29) is 5.82 Å². The predicted octanol–water partition coefficient (Wildman–Crippen LogP) is 3.12. The monoisotopic (exact) mass is 266 g/mol. The van der Waals surface area contributed by atoms with Crippen molar-refractivity contribution in [1.29, 1.82) is 0 Å². The molecule has 0 heterocycles. The summed E-state index contributed by atoms with van der Waals surface area (Å²) >= 11 is 0. The third-order valence-electron chi connectivity index (χ3n) is 2.94. The van der Waals surface area contributed by atoms with Crippen LogP contribution in [-0.4, -0.2) is 11.7 Å². The Kier molecular flexibility index (Phi) is 3.26. The minimum Gasteiger partial charge on any atom is -0.444 e. The van der Waals surface area contributed by atoms with Crippen LogP contribution in [0.25, 0.3) is 0 Å². The summed E-state index contributed by atoms with van der Waals surface area (Å²) in [6.07, 6.45) is 0.964. The van der Waals surface area contributed by atoms with Gasteiger partial charge in [0.2, 0.25) is 0 Å².